The van der Waals surface area contributed by atoms with E-state index in [0.29, 0.717) is 6.54 Å². The summed E-state index contributed by atoms with van der Waals surface area (Å²) in [6.45, 7) is 5.96. The minimum atomic E-state index is -1.02. The number of nitrogens with zero attached hydrogens (tertiary/aromatic N) is 2. The fourth-order valence-corrected chi connectivity index (χ4v) is 3.63. The van der Waals surface area contributed by atoms with Crippen LogP contribution in [0.3, 0.4) is 0 Å². The highest BCUT2D eigenvalue weighted by molar-refractivity contribution is 7.96. The van der Waals surface area contributed by atoms with E-state index in [1.165, 1.54) is 10.6 Å². The minimum Gasteiger partial charge on any atom is -0.294 e. The number of hydrogen-bond acceptors (Lipinski definition) is 4. The van der Waals surface area contributed by atoms with Crippen LogP contribution in [0.1, 0.15) is 19.4 Å². The molecule has 1 aliphatic rings. The molecule has 0 aliphatic carbocycles. The largest absolute Gasteiger partial charge is 0.294 e. The zero-order valence-electron chi connectivity index (χ0n) is 13.5. The van der Waals surface area contributed by atoms with E-state index in [4.69, 9.17) is 27.5 Å². The Morgan fingerprint density at radius 3 is 2.48 bits per heavy atom. The molecule has 1 aromatic rings. The molecule has 1 aliphatic heterocycles. The van der Waals surface area contributed by atoms with Gasteiger partial charge in [0.1, 0.15) is 17.1 Å². The SMILES string of the molecule is Cc1ccc(N(C)SON2CC(C(C)Cl)C(C)(Cl)C2=O)cc1.S. The quantitative estimate of drug-likeness (QED) is 0.425. The van der Waals surface area contributed by atoms with Crippen molar-refractivity contribution in [3.8, 4) is 0 Å². The molecule has 3 atom stereocenters. The number of carbonyl (C=O) groups excluding carboxylic acids is 1. The Labute approximate surface area is 159 Å². The number of benzene rings is 1. The summed E-state index contributed by atoms with van der Waals surface area (Å²) in [5, 5.41) is 1.09. The molecular weight excluding hydrogens is 375 g/mol. The van der Waals surface area contributed by atoms with E-state index >= 15 is 0 Å². The van der Waals surface area contributed by atoms with Crippen LogP contribution in [-0.4, -0.2) is 34.8 Å². The summed E-state index contributed by atoms with van der Waals surface area (Å²) < 4.78 is 7.40. The normalized spacial score (nSPS) is 25.2. The second-order valence-electron chi connectivity index (χ2n) is 5.71. The van der Waals surface area contributed by atoms with Gasteiger partial charge in [0, 0.05) is 24.0 Å². The maximum atomic E-state index is 12.3. The van der Waals surface area contributed by atoms with Crippen molar-refractivity contribution in [3.05, 3.63) is 29.8 Å². The smallest absolute Gasteiger partial charge is 0.268 e. The van der Waals surface area contributed by atoms with Gasteiger partial charge in [-0.05, 0) is 32.9 Å². The molecule has 8 heteroatoms. The Bertz CT molecular complexity index is 541. The first kappa shape index (κ1) is 20.8. The zero-order valence-corrected chi connectivity index (χ0v) is 16.9. The number of aryl methyl sites for hydroxylation is 1. The number of alkyl halides is 2. The molecule has 2 rings (SSSR count). The molecule has 4 nitrogen and oxygen atoms in total. The van der Waals surface area contributed by atoms with Crippen LogP contribution in [0, 0.1) is 12.8 Å². The first-order valence-corrected chi connectivity index (χ1v) is 8.55. The topological polar surface area (TPSA) is 32.8 Å². The highest BCUT2D eigenvalue weighted by atomic mass is 35.5. The first-order chi connectivity index (χ1) is 10.2. The van der Waals surface area contributed by atoms with Gasteiger partial charge in [-0.25, -0.2) is 5.06 Å². The van der Waals surface area contributed by atoms with Gasteiger partial charge in [0.05, 0.1) is 6.54 Å². The van der Waals surface area contributed by atoms with Gasteiger partial charge in [0.15, 0.2) is 0 Å². The summed E-state index contributed by atoms with van der Waals surface area (Å²) in [7, 11) is 1.87. The molecule has 1 heterocycles. The van der Waals surface area contributed by atoms with Crippen LogP contribution in [-0.2, 0) is 9.08 Å². The van der Waals surface area contributed by atoms with Crippen LogP contribution in [0.5, 0.6) is 0 Å². The van der Waals surface area contributed by atoms with Gasteiger partial charge < -0.3 is 0 Å². The summed E-state index contributed by atoms with van der Waals surface area (Å²) in [6.07, 6.45) is 0. The number of rotatable bonds is 5. The summed E-state index contributed by atoms with van der Waals surface area (Å²) in [5.74, 6) is -0.412. The fourth-order valence-electron chi connectivity index (χ4n) is 2.36. The second kappa shape index (κ2) is 8.21. The lowest BCUT2D eigenvalue weighted by Gasteiger charge is -2.22. The summed E-state index contributed by atoms with van der Waals surface area (Å²) in [6, 6.07) is 8.03. The van der Waals surface area contributed by atoms with E-state index in [2.05, 4.69) is 0 Å². The molecule has 0 saturated carbocycles. The molecule has 1 aromatic carbocycles. The van der Waals surface area contributed by atoms with E-state index in [1.54, 1.807) is 6.92 Å². The monoisotopic (exact) mass is 396 g/mol. The average Bonchev–Trinajstić information content (AvgIpc) is 2.68. The van der Waals surface area contributed by atoms with Crippen molar-refractivity contribution >= 4 is 60.5 Å². The summed E-state index contributed by atoms with van der Waals surface area (Å²) in [5.41, 5.74) is 2.17. The maximum absolute atomic E-state index is 12.3. The van der Waals surface area contributed by atoms with Crippen molar-refractivity contribution in [1.29, 1.82) is 0 Å². The lowest BCUT2D eigenvalue weighted by Crippen LogP contribution is -2.37. The summed E-state index contributed by atoms with van der Waals surface area (Å²) in [4.78, 5) is 11.3. The Kier molecular flexibility index (Phi) is 7.41. The van der Waals surface area contributed by atoms with Crippen molar-refractivity contribution in [2.45, 2.75) is 31.0 Å². The van der Waals surface area contributed by atoms with E-state index in [0.717, 1.165) is 17.9 Å². The number of anilines is 1. The highest BCUT2D eigenvalue weighted by Gasteiger charge is 2.52. The van der Waals surface area contributed by atoms with Crippen molar-refractivity contribution in [2.75, 3.05) is 17.9 Å². The molecule has 0 aromatic heterocycles. The number of carbonyl (C=O) groups is 1. The van der Waals surface area contributed by atoms with E-state index in [1.807, 2.05) is 49.5 Å². The molecular formula is C15H22Cl2N2O2S2. The third-order valence-electron chi connectivity index (χ3n) is 3.89. The Morgan fingerprint density at radius 2 is 2.00 bits per heavy atom. The second-order valence-corrected chi connectivity index (χ2v) is 8.03. The van der Waals surface area contributed by atoms with Gasteiger partial charge in [0.2, 0.25) is 0 Å². The number of hydroxylamine groups is 2. The number of hydrogen-bond donors (Lipinski definition) is 0. The maximum Gasteiger partial charge on any atom is 0.268 e. The molecule has 0 radical (unpaired) electrons. The first-order valence-electron chi connectivity index (χ1n) is 7.03. The van der Waals surface area contributed by atoms with E-state index < -0.39 is 4.87 Å². The van der Waals surface area contributed by atoms with Crippen molar-refractivity contribution in [1.82, 2.24) is 5.06 Å². The molecule has 1 fully saturated rings. The van der Waals surface area contributed by atoms with Gasteiger partial charge in [-0.3, -0.25) is 9.10 Å². The van der Waals surface area contributed by atoms with Crippen molar-refractivity contribution < 1.29 is 9.08 Å². The van der Waals surface area contributed by atoms with Crippen molar-refractivity contribution in [2.24, 2.45) is 5.92 Å². The van der Waals surface area contributed by atoms with E-state index in [9.17, 15) is 4.79 Å². The van der Waals surface area contributed by atoms with Gasteiger partial charge in [0.25, 0.3) is 5.91 Å². The average molecular weight is 397 g/mol. The van der Waals surface area contributed by atoms with Crippen LogP contribution in [0.15, 0.2) is 24.3 Å². The van der Waals surface area contributed by atoms with Gasteiger partial charge >= 0.3 is 0 Å². The minimum absolute atomic E-state index is 0. The third-order valence-corrected chi connectivity index (χ3v) is 5.32. The van der Waals surface area contributed by atoms with E-state index in [-0.39, 0.29) is 30.7 Å². The van der Waals surface area contributed by atoms with Gasteiger partial charge in [-0.2, -0.15) is 17.8 Å². The number of amides is 1. The predicted octanol–water partition coefficient (Wildman–Crippen LogP) is 4.12. The van der Waals surface area contributed by atoms with Crippen LogP contribution >= 0.6 is 48.9 Å². The lowest BCUT2D eigenvalue weighted by atomic mass is 9.94. The summed E-state index contributed by atoms with van der Waals surface area (Å²) >= 11 is 13.6. The Morgan fingerprint density at radius 1 is 1.43 bits per heavy atom. The molecule has 23 heavy (non-hydrogen) atoms. The van der Waals surface area contributed by atoms with Crippen LogP contribution in [0.2, 0.25) is 0 Å². The standard InChI is InChI=1S/C15H20Cl2N2O2S.H2S/c1-10-5-7-12(8-6-10)18(4)22-21-19-9-13(11(2)16)15(3,17)14(19)20;/h5-8,11,13H,9H2,1-4H3;1H2. The fraction of sp³-hybridized carbons (Fsp3) is 0.533. The molecule has 0 bridgehead atoms. The molecule has 3 unspecified atom stereocenters. The van der Waals surface area contributed by atoms with Crippen LogP contribution in [0.4, 0.5) is 5.69 Å². The van der Waals surface area contributed by atoms with Gasteiger partial charge in [-0.1, -0.05) is 17.7 Å². The third kappa shape index (κ3) is 4.63. The van der Waals surface area contributed by atoms with Crippen LogP contribution < -0.4 is 4.31 Å². The van der Waals surface area contributed by atoms with Crippen LogP contribution in [0.25, 0.3) is 0 Å². The zero-order chi connectivity index (χ0) is 16.5. The van der Waals surface area contributed by atoms with Crippen molar-refractivity contribution in [3.63, 3.8) is 0 Å². The predicted molar refractivity (Wildman–Crippen MR) is 103 cm³/mol. The Hall–Kier alpha value is -0.270. The van der Waals surface area contributed by atoms with Gasteiger partial charge in [-0.15, -0.1) is 23.2 Å². The highest BCUT2D eigenvalue weighted by Crippen LogP contribution is 2.40. The molecule has 0 N–H and O–H groups in total. The molecule has 1 amide bonds. The number of halogens is 2. The molecule has 130 valence electrons. The molecule has 0 spiro atoms. The Balaban J connectivity index is 0.00000264. The lowest BCUT2D eigenvalue weighted by molar-refractivity contribution is -0.149. The molecule has 1 saturated heterocycles.